The zero-order valence-electron chi connectivity index (χ0n) is 5.84. The van der Waals surface area contributed by atoms with Crippen LogP contribution in [0.4, 0.5) is 5.69 Å². The van der Waals surface area contributed by atoms with Gasteiger partial charge in [0.15, 0.2) is 0 Å². The van der Waals surface area contributed by atoms with Crippen molar-refractivity contribution in [2.75, 3.05) is 5.73 Å². The van der Waals surface area contributed by atoms with Crippen molar-refractivity contribution < 1.29 is 9.90 Å². The van der Waals surface area contributed by atoms with E-state index in [9.17, 15) is 4.79 Å². The molecule has 0 aliphatic rings. The third-order valence-electron chi connectivity index (χ3n) is 1.30. The number of carboxylic acid groups (broad SMARTS) is 1. The van der Waals surface area contributed by atoms with Crippen LogP contribution in [0.15, 0.2) is 12.1 Å². The van der Waals surface area contributed by atoms with Crippen LogP contribution in [0.1, 0.15) is 10.4 Å². The van der Waals surface area contributed by atoms with E-state index in [1.807, 2.05) is 22.6 Å². The van der Waals surface area contributed by atoms with E-state index >= 15 is 0 Å². The number of carbonyl (C=O) groups is 1. The molecule has 0 bridgehead atoms. The highest BCUT2D eigenvalue weighted by molar-refractivity contribution is 14.1. The summed E-state index contributed by atoms with van der Waals surface area (Å²) in [7, 11) is 0. The van der Waals surface area contributed by atoms with Crippen LogP contribution < -0.4 is 5.73 Å². The highest BCUT2D eigenvalue weighted by Gasteiger charge is 2.11. The number of rotatable bonds is 1. The zero-order chi connectivity index (χ0) is 9.30. The molecule has 12 heavy (non-hydrogen) atoms. The molecule has 0 saturated carbocycles. The molecule has 0 saturated heterocycles. The van der Waals surface area contributed by atoms with E-state index < -0.39 is 5.97 Å². The van der Waals surface area contributed by atoms with Gasteiger partial charge in [0.2, 0.25) is 0 Å². The van der Waals surface area contributed by atoms with E-state index in [0.29, 0.717) is 14.3 Å². The molecular weight excluding hydrogens is 292 g/mol. The number of halogens is 2. The van der Waals surface area contributed by atoms with Gasteiger partial charge in [-0.25, -0.2) is 4.79 Å². The summed E-state index contributed by atoms with van der Waals surface area (Å²) < 4.78 is 0.518. The first-order chi connectivity index (χ1) is 5.52. The topological polar surface area (TPSA) is 63.3 Å². The molecule has 0 radical (unpaired) electrons. The van der Waals surface area contributed by atoms with Crippen molar-refractivity contribution in [1.82, 2.24) is 0 Å². The van der Waals surface area contributed by atoms with Gasteiger partial charge in [0.25, 0.3) is 0 Å². The lowest BCUT2D eigenvalue weighted by Crippen LogP contribution is -2.02. The lowest BCUT2D eigenvalue weighted by molar-refractivity contribution is 0.0696. The Balaban J connectivity index is 3.37. The van der Waals surface area contributed by atoms with Crippen LogP contribution in [0.3, 0.4) is 0 Å². The number of aromatic carboxylic acids is 1. The Morgan fingerprint density at radius 2 is 2.17 bits per heavy atom. The van der Waals surface area contributed by atoms with Gasteiger partial charge in [-0.3, -0.25) is 0 Å². The maximum absolute atomic E-state index is 10.6. The summed E-state index contributed by atoms with van der Waals surface area (Å²) in [6.45, 7) is 0. The van der Waals surface area contributed by atoms with Crippen molar-refractivity contribution in [3.8, 4) is 0 Å². The lowest BCUT2D eigenvalue weighted by atomic mass is 10.2. The largest absolute Gasteiger partial charge is 0.478 e. The summed E-state index contributed by atoms with van der Waals surface area (Å²) in [5.41, 5.74) is 6.03. The highest BCUT2D eigenvalue weighted by atomic mass is 127. The van der Waals surface area contributed by atoms with Gasteiger partial charge in [-0.05, 0) is 34.7 Å². The van der Waals surface area contributed by atoms with E-state index in [4.69, 9.17) is 22.4 Å². The van der Waals surface area contributed by atoms with Gasteiger partial charge in [-0.15, -0.1) is 0 Å². The zero-order valence-corrected chi connectivity index (χ0v) is 8.76. The normalized spacial score (nSPS) is 9.83. The minimum absolute atomic E-state index is 0.139. The van der Waals surface area contributed by atoms with Crippen LogP contribution in [-0.2, 0) is 0 Å². The Labute approximate surface area is 87.7 Å². The Kier molecular flexibility index (Phi) is 2.79. The molecule has 0 spiro atoms. The van der Waals surface area contributed by atoms with Gasteiger partial charge in [-0.2, -0.15) is 0 Å². The molecule has 0 heterocycles. The molecule has 1 aromatic rings. The van der Waals surface area contributed by atoms with Crippen molar-refractivity contribution >= 4 is 45.8 Å². The summed E-state index contributed by atoms with van der Waals surface area (Å²) in [5.74, 6) is -1.02. The van der Waals surface area contributed by atoms with Gasteiger partial charge in [0.05, 0.1) is 9.13 Å². The molecule has 0 aliphatic carbocycles. The fourth-order valence-electron chi connectivity index (χ4n) is 0.766. The number of hydrogen-bond acceptors (Lipinski definition) is 2. The van der Waals surface area contributed by atoms with Crippen LogP contribution >= 0.6 is 34.2 Å². The number of benzene rings is 1. The number of anilines is 1. The lowest BCUT2D eigenvalue weighted by Gasteiger charge is -2.02. The van der Waals surface area contributed by atoms with E-state index in [-0.39, 0.29) is 5.56 Å². The third kappa shape index (κ3) is 1.81. The SMILES string of the molecule is Nc1cc(Cl)cc(C(=O)O)c1I. The van der Waals surface area contributed by atoms with Crippen LogP contribution in [0.2, 0.25) is 5.02 Å². The quantitative estimate of drug-likeness (QED) is 0.617. The third-order valence-corrected chi connectivity index (χ3v) is 2.72. The van der Waals surface area contributed by atoms with E-state index in [1.54, 1.807) is 0 Å². The molecular formula is C7H5ClINO2. The van der Waals surface area contributed by atoms with Crippen molar-refractivity contribution in [3.63, 3.8) is 0 Å². The molecule has 1 aromatic carbocycles. The second kappa shape index (κ2) is 3.49. The molecule has 1 rings (SSSR count). The fourth-order valence-corrected chi connectivity index (χ4v) is 1.53. The number of hydrogen-bond donors (Lipinski definition) is 2. The molecule has 3 nitrogen and oxygen atoms in total. The first-order valence-electron chi connectivity index (χ1n) is 3.00. The standard InChI is InChI=1S/C7H5ClINO2/c8-3-1-4(7(11)12)6(9)5(10)2-3/h1-2H,10H2,(H,11,12). The maximum Gasteiger partial charge on any atom is 0.336 e. The molecule has 5 heteroatoms. The Morgan fingerprint density at radius 3 is 2.67 bits per heavy atom. The second-order valence-electron chi connectivity index (χ2n) is 2.16. The summed E-state index contributed by atoms with van der Waals surface area (Å²) in [5, 5.41) is 9.03. The van der Waals surface area contributed by atoms with E-state index in [1.165, 1.54) is 12.1 Å². The van der Waals surface area contributed by atoms with Crippen LogP contribution in [0.5, 0.6) is 0 Å². The van der Waals surface area contributed by atoms with E-state index in [0.717, 1.165) is 0 Å². The summed E-state index contributed by atoms with van der Waals surface area (Å²) >= 11 is 7.49. The second-order valence-corrected chi connectivity index (χ2v) is 3.68. The molecule has 0 aromatic heterocycles. The molecule has 3 N–H and O–H groups in total. The molecule has 64 valence electrons. The molecule has 0 atom stereocenters. The summed E-state index contributed by atoms with van der Waals surface area (Å²) in [4.78, 5) is 10.6. The predicted molar refractivity (Wildman–Crippen MR) is 55.5 cm³/mol. The maximum atomic E-state index is 10.6. The average Bonchev–Trinajstić information content (AvgIpc) is 1.96. The van der Waals surface area contributed by atoms with Crippen LogP contribution in [-0.4, -0.2) is 11.1 Å². The highest BCUT2D eigenvalue weighted by Crippen LogP contribution is 2.24. The van der Waals surface area contributed by atoms with Crippen LogP contribution in [0, 0.1) is 3.57 Å². The predicted octanol–water partition coefficient (Wildman–Crippen LogP) is 2.23. The van der Waals surface area contributed by atoms with Gasteiger partial charge >= 0.3 is 5.97 Å². The molecule has 0 aliphatic heterocycles. The number of carboxylic acids is 1. The van der Waals surface area contributed by atoms with Gasteiger partial charge in [0.1, 0.15) is 0 Å². The molecule has 0 amide bonds. The van der Waals surface area contributed by atoms with Crippen molar-refractivity contribution in [3.05, 3.63) is 26.3 Å². The van der Waals surface area contributed by atoms with Gasteiger partial charge in [0, 0.05) is 10.7 Å². The first kappa shape index (κ1) is 9.60. The Morgan fingerprint density at radius 1 is 1.58 bits per heavy atom. The summed E-state index contributed by atoms with van der Waals surface area (Å²) in [6.07, 6.45) is 0. The monoisotopic (exact) mass is 297 g/mol. The minimum atomic E-state index is -1.02. The Bertz CT molecular complexity index is 340. The molecule has 0 unspecified atom stereocenters. The average molecular weight is 297 g/mol. The Hall–Kier alpha value is -0.490. The van der Waals surface area contributed by atoms with Crippen molar-refractivity contribution in [2.45, 2.75) is 0 Å². The number of nitrogens with two attached hydrogens (primary N) is 1. The van der Waals surface area contributed by atoms with Crippen molar-refractivity contribution in [2.24, 2.45) is 0 Å². The van der Waals surface area contributed by atoms with Gasteiger partial charge in [-0.1, -0.05) is 11.6 Å². The van der Waals surface area contributed by atoms with Gasteiger partial charge < -0.3 is 10.8 Å². The smallest absolute Gasteiger partial charge is 0.336 e. The number of nitrogen functional groups attached to an aromatic ring is 1. The van der Waals surface area contributed by atoms with E-state index in [2.05, 4.69) is 0 Å². The summed E-state index contributed by atoms with van der Waals surface area (Å²) in [6, 6.07) is 2.90. The van der Waals surface area contributed by atoms with Crippen LogP contribution in [0.25, 0.3) is 0 Å². The molecule has 0 fully saturated rings. The van der Waals surface area contributed by atoms with Crippen molar-refractivity contribution in [1.29, 1.82) is 0 Å². The fraction of sp³-hybridized carbons (Fsp3) is 0. The first-order valence-corrected chi connectivity index (χ1v) is 4.46. The minimum Gasteiger partial charge on any atom is -0.478 e.